The van der Waals surface area contributed by atoms with Gasteiger partial charge in [-0.25, -0.2) is 0 Å². The molecule has 34 heavy (non-hydrogen) atoms. The Morgan fingerprint density at radius 2 is 1.47 bits per heavy atom. The van der Waals surface area contributed by atoms with E-state index >= 15 is 0 Å². The van der Waals surface area contributed by atoms with Gasteiger partial charge in [-0.2, -0.15) is 0 Å². The highest BCUT2D eigenvalue weighted by molar-refractivity contribution is 6.31. The molecule has 0 atom stereocenters. The Hall–Kier alpha value is -2.95. The minimum absolute atomic E-state index is 0.0168. The van der Waals surface area contributed by atoms with E-state index in [2.05, 4.69) is 20.8 Å². The summed E-state index contributed by atoms with van der Waals surface area (Å²) in [5.41, 5.74) is 2.19. The topological polar surface area (TPSA) is 48.7 Å². The lowest BCUT2D eigenvalue weighted by atomic mass is 9.86. The first-order chi connectivity index (χ1) is 16.2. The molecule has 4 nitrogen and oxygen atoms in total. The molecule has 1 heterocycles. The molecule has 0 aliphatic rings. The van der Waals surface area contributed by atoms with Crippen LogP contribution in [0, 0.1) is 0 Å². The van der Waals surface area contributed by atoms with Crippen molar-refractivity contribution < 1.29 is 13.9 Å². The summed E-state index contributed by atoms with van der Waals surface area (Å²) < 4.78 is 17.8. The van der Waals surface area contributed by atoms with Crippen molar-refractivity contribution in [2.75, 3.05) is 13.2 Å². The molecule has 0 bridgehead atoms. The molecule has 3 aromatic carbocycles. The first-order valence-corrected chi connectivity index (χ1v) is 11.9. The zero-order valence-electron chi connectivity index (χ0n) is 19.4. The fourth-order valence-electron chi connectivity index (χ4n) is 3.55. The quantitative estimate of drug-likeness (QED) is 0.244. The van der Waals surface area contributed by atoms with Crippen LogP contribution in [-0.4, -0.2) is 13.2 Å². The summed E-state index contributed by atoms with van der Waals surface area (Å²) in [5, 5.41) is 1.50. The second-order valence-corrected chi connectivity index (χ2v) is 9.93. The number of benzene rings is 3. The van der Waals surface area contributed by atoms with Crippen molar-refractivity contribution >= 4 is 34.2 Å². The van der Waals surface area contributed by atoms with E-state index in [1.165, 1.54) is 5.56 Å². The molecule has 4 rings (SSSR count). The van der Waals surface area contributed by atoms with Crippen LogP contribution in [0.1, 0.15) is 32.8 Å². The number of fused-ring (bicyclic) bond motifs is 1. The van der Waals surface area contributed by atoms with Crippen LogP contribution < -0.4 is 14.9 Å². The Bertz CT molecular complexity index is 1330. The molecule has 0 saturated heterocycles. The molecular formula is C28H26Cl2O4. The van der Waals surface area contributed by atoms with Gasteiger partial charge in [0.1, 0.15) is 11.3 Å². The molecule has 0 saturated carbocycles. The van der Waals surface area contributed by atoms with Crippen molar-refractivity contribution in [2.45, 2.75) is 32.6 Å². The Morgan fingerprint density at radius 3 is 2.15 bits per heavy atom. The van der Waals surface area contributed by atoms with Crippen molar-refractivity contribution in [3.63, 3.8) is 0 Å². The third-order valence-electron chi connectivity index (χ3n) is 5.44. The molecule has 0 radical (unpaired) electrons. The van der Waals surface area contributed by atoms with Crippen LogP contribution in [0.3, 0.4) is 0 Å². The molecule has 0 unspecified atom stereocenters. The molecule has 0 spiro atoms. The van der Waals surface area contributed by atoms with Gasteiger partial charge in [0.05, 0.1) is 18.6 Å². The monoisotopic (exact) mass is 496 g/mol. The summed E-state index contributed by atoms with van der Waals surface area (Å²) in [6, 6.07) is 20.2. The van der Waals surface area contributed by atoms with Gasteiger partial charge < -0.3 is 13.9 Å². The fraction of sp³-hybridized carbons (Fsp3) is 0.250. The highest BCUT2D eigenvalue weighted by Crippen LogP contribution is 2.33. The first-order valence-electron chi connectivity index (χ1n) is 11.1. The van der Waals surface area contributed by atoms with E-state index in [1.54, 1.807) is 30.3 Å². The minimum Gasteiger partial charge on any atom is -0.493 e. The summed E-state index contributed by atoms with van der Waals surface area (Å²) in [7, 11) is 0. The van der Waals surface area contributed by atoms with Gasteiger partial charge in [0.2, 0.25) is 11.2 Å². The number of rotatable bonds is 7. The maximum absolute atomic E-state index is 13.3. The number of ether oxygens (including phenoxy) is 2. The van der Waals surface area contributed by atoms with E-state index in [9.17, 15) is 4.79 Å². The van der Waals surface area contributed by atoms with Crippen LogP contribution in [0.2, 0.25) is 10.0 Å². The van der Waals surface area contributed by atoms with Crippen molar-refractivity contribution in [2.24, 2.45) is 0 Å². The molecule has 0 N–H and O–H groups in total. The van der Waals surface area contributed by atoms with E-state index in [1.807, 2.05) is 36.4 Å². The van der Waals surface area contributed by atoms with Crippen LogP contribution in [0.25, 0.3) is 22.3 Å². The van der Waals surface area contributed by atoms with Crippen LogP contribution >= 0.6 is 23.2 Å². The Labute approximate surface area is 209 Å². The lowest BCUT2D eigenvalue weighted by Gasteiger charge is -2.19. The van der Waals surface area contributed by atoms with Crippen LogP contribution in [-0.2, 0) is 5.41 Å². The Kier molecular flexibility index (Phi) is 7.20. The van der Waals surface area contributed by atoms with E-state index < -0.39 is 0 Å². The number of halogens is 2. The van der Waals surface area contributed by atoms with Crippen molar-refractivity contribution in [3.05, 3.63) is 92.6 Å². The van der Waals surface area contributed by atoms with Gasteiger partial charge >= 0.3 is 0 Å². The zero-order valence-corrected chi connectivity index (χ0v) is 20.9. The molecule has 0 fully saturated rings. The standard InChI is InChI=1S/C28H26Cl2O4/c1-28(2,3)19-7-5-18(6-8-19)26-27(25(31)23-17-21(30)11-14-24(23)34-26)33-16-4-15-32-22-12-9-20(29)10-13-22/h5-14,17H,4,15-16H2,1-3H3. The van der Waals surface area contributed by atoms with E-state index in [0.29, 0.717) is 39.8 Å². The Balaban J connectivity index is 1.59. The zero-order chi connectivity index (χ0) is 24.3. The third-order valence-corrected chi connectivity index (χ3v) is 5.93. The van der Waals surface area contributed by atoms with Crippen LogP contribution in [0.4, 0.5) is 0 Å². The first kappa shape index (κ1) is 24.2. The fourth-order valence-corrected chi connectivity index (χ4v) is 3.85. The van der Waals surface area contributed by atoms with Crippen LogP contribution in [0.15, 0.2) is 75.9 Å². The van der Waals surface area contributed by atoms with E-state index in [0.717, 1.165) is 11.3 Å². The second-order valence-electron chi connectivity index (χ2n) is 9.06. The lowest BCUT2D eigenvalue weighted by Crippen LogP contribution is -2.13. The van der Waals surface area contributed by atoms with Crippen molar-refractivity contribution in [3.8, 4) is 22.8 Å². The van der Waals surface area contributed by atoms with Gasteiger partial charge in [0.25, 0.3) is 0 Å². The average Bonchev–Trinajstić information content (AvgIpc) is 2.81. The maximum atomic E-state index is 13.3. The summed E-state index contributed by atoms with van der Waals surface area (Å²) in [6.45, 7) is 7.19. The van der Waals surface area contributed by atoms with Gasteiger partial charge in [-0.15, -0.1) is 0 Å². The smallest absolute Gasteiger partial charge is 0.235 e. The number of hydrogen-bond acceptors (Lipinski definition) is 4. The minimum atomic E-state index is -0.253. The third kappa shape index (κ3) is 5.57. The predicted octanol–water partition coefficient (Wildman–Crippen LogP) is 7.91. The largest absolute Gasteiger partial charge is 0.493 e. The number of hydrogen-bond donors (Lipinski definition) is 0. The highest BCUT2D eigenvalue weighted by atomic mass is 35.5. The molecule has 1 aromatic heterocycles. The van der Waals surface area contributed by atoms with Crippen molar-refractivity contribution in [1.82, 2.24) is 0 Å². The molecule has 4 aromatic rings. The predicted molar refractivity (Wildman–Crippen MR) is 139 cm³/mol. The van der Waals surface area contributed by atoms with E-state index in [4.69, 9.17) is 37.1 Å². The molecule has 176 valence electrons. The molecule has 0 aliphatic heterocycles. The second kappa shape index (κ2) is 10.1. The van der Waals surface area contributed by atoms with E-state index in [-0.39, 0.29) is 23.2 Å². The summed E-state index contributed by atoms with van der Waals surface area (Å²) in [5.74, 6) is 1.30. The molecule has 0 amide bonds. The molecule has 6 heteroatoms. The highest BCUT2D eigenvalue weighted by Gasteiger charge is 2.19. The van der Waals surface area contributed by atoms with Crippen molar-refractivity contribution in [1.29, 1.82) is 0 Å². The molecule has 0 aliphatic carbocycles. The Morgan fingerprint density at radius 1 is 0.824 bits per heavy atom. The van der Waals surface area contributed by atoms with Crippen LogP contribution in [0.5, 0.6) is 11.5 Å². The maximum Gasteiger partial charge on any atom is 0.235 e. The van der Waals surface area contributed by atoms with Gasteiger partial charge in [-0.3, -0.25) is 4.79 Å². The normalized spacial score (nSPS) is 11.6. The summed E-state index contributed by atoms with van der Waals surface area (Å²) in [4.78, 5) is 13.3. The molecular weight excluding hydrogens is 471 g/mol. The average molecular weight is 497 g/mol. The van der Waals surface area contributed by atoms with Gasteiger partial charge in [0, 0.05) is 22.0 Å². The lowest BCUT2D eigenvalue weighted by molar-refractivity contribution is 0.244. The van der Waals surface area contributed by atoms with Gasteiger partial charge in [-0.1, -0.05) is 68.2 Å². The van der Waals surface area contributed by atoms with Gasteiger partial charge in [0.15, 0.2) is 5.76 Å². The SMILES string of the molecule is CC(C)(C)c1ccc(-c2oc3ccc(Cl)cc3c(=O)c2OCCCOc2ccc(Cl)cc2)cc1. The van der Waals surface area contributed by atoms with Gasteiger partial charge in [-0.05, 0) is 53.4 Å². The summed E-state index contributed by atoms with van der Waals surface area (Å²) in [6.07, 6.45) is 0.581. The summed E-state index contributed by atoms with van der Waals surface area (Å²) >= 11 is 12.0.